The largest absolute Gasteiger partial charge is 0.389 e. The third-order valence-corrected chi connectivity index (χ3v) is 4.47. The van der Waals surface area contributed by atoms with Gasteiger partial charge in [-0.15, -0.1) is 0 Å². The predicted molar refractivity (Wildman–Crippen MR) is 97.3 cm³/mol. The van der Waals surface area contributed by atoms with Crippen LogP contribution < -0.4 is 0 Å². The Hall–Kier alpha value is -0.940. The van der Waals surface area contributed by atoms with Crippen LogP contribution in [0, 0.1) is 13.8 Å². The van der Waals surface area contributed by atoms with Crippen molar-refractivity contribution >= 4 is 0 Å². The van der Waals surface area contributed by atoms with Crippen LogP contribution in [-0.4, -0.2) is 54.6 Å². The Morgan fingerprint density at radius 3 is 2.75 bits per heavy atom. The standard InChI is InChI=1S/C20H33NO3/c1-15(2)24-14-19(22)12-21(13-20-6-5-9-23-20)11-18-8-7-16(3)10-17(18)4/h7-8,10,15,19-20,22H,5-6,9,11-14H2,1-4H3/t19-,20-/m0/s1. The fourth-order valence-corrected chi connectivity index (χ4v) is 3.20. The van der Waals surface area contributed by atoms with Crippen molar-refractivity contribution in [3.63, 3.8) is 0 Å². The predicted octanol–water partition coefficient (Wildman–Crippen LogP) is 3.07. The molecule has 1 aliphatic rings. The van der Waals surface area contributed by atoms with Gasteiger partial charge in [0.1, 0.15) is 0 Å². The fourth-order valence-electron chi connectivity index (χ4n) is 3.20. The van der Waals surface area contributed by atoms with Gasteiger partial charge in [0, 0.05) is 26.2 Å². The Balaban J connectivity index is 1.98. The molecule has 0 amide bonds. The molecule has 1 heterocycles. The Bertz CT molecular complexity index is 498. The summed E-state index contributed by atoms with van der Waals surface area (Å²) < 4.78 is 11.4. The highest BCUT2D eigenvalue weighted by atomic mass is 16.5. The van der Waals surface area contributed by atoms with Crippen molar-refractivity contribution in [1.82, 2.24) is 4.90 Å². The molecule has 1 aliphatic heterocycles. The van der Waals surface area contributed by atoms with Crippen LogP contribution in [0.15, 0.2) is 18.2 Å². The van der Waals surface area contributed by atoms with Crippen LogP contribution in [0.25, 0.3) is 0 Å². The third-order valence-electron chi connectivity index (χ3n) is 4.47. The van der Waals surface area contributed by atoms with Crippen LogP contribution >= 0.6 is 0 Å². The van der Waals surface area contributed by atoms with Crippen molar-refractivity contribution in [2.75, 3.05) is 26.3 Å². The van der Waals surface area contributed by atoms with Crippen LogP contribution in [0.4, 0.5) is 0 Å². The smallest absolute Gasteiger partial charge is 0.0900 e. The van der Waals surface area contributed by atoms with Gasteiger partial charge in [-0.25, -0.2) is 0 Å². The second kappa shape index (κ2) is 9.52. The summed E-state index contributed by atoms with van der Waals surface area (Å²) in [5.74, 6) is 0. The lowest BCUT2D eigenvalue weighted by molar-refractivity contribution is -0.0172. The summed E-state index contributed by atoms with van der Waals surface area (Å²) in [5.41, 5.74) is 3.91. The molecular formula is C20H33NO3. The molecule has 1 N–H and O–H groups in total. The molecular weight excluding hydrogens is 302 g/mol. The van der Waals surface area contributed by atoms with Crippen LogP contribution in [0.3, 0.4) is 0 Å². The molecule has 4 nitrogen and oxygen atoms in total. The zero-order valence-electron chi connectivity index (χ0n) is 15.6. The maximum absolute atomic E-state index is 10.3. The molecule has 2 rings (SSSR count). The maximum Gasteiger partial charge on any atom is 0.0900 e. The summed E-state index contributed by atoms with van der Waals surface area (Å²) >= 11 is 0. The molecule has 0 radical (unpaired) electrons. The fraction of sp³-hybridized carbons (Fsp3) is 0.700. The number of rotatable bonds is 9. The molecule has 2 atom stereocenters. The van der Waals surface area contributed by atoms with Gasteiger partial charge in [0.05, 0.1) is 24.9 Å². The monoisotopic (exact) mass is 335 g/mol. The van der Waals surface area contributed by atoms with Gasteiger partial charge in [0.25, 0.3) is 0 Å². The van der Waals surface area contributed by atoms with E-state index in [1.807, 2.05) is 13.8 Å². The van der Waals surface area contributed by atoms with Crippen LogP contribution in [0.1, 0.15) is 43.4 Å². The zero-order valence-corrected chi connectivity index (χ0v) is 15.6. The molecule has 0 spiro atoms. The maximum atomic E-state index is 10.3. The number of aryl methyl sites for hydroxylation is 2. The average Bonchev–Trinajstić information content (AvgIpc) is 3.01. The van der Waals surface area contributed by atoms with Crippen molar-refractivity contribution in [2.24, 2.45) is 0 Å². The van der Waals surface area contributed by atoms with E-state index in [0.29, 0.717) is 13.2 Å². The Labute approximate surface area is 146 Å². The summed E-state index contributed by atoms with van der Waals surface area (Å²) in [6.07, 6.45) is 2.21. The normalized spacial score (nSPS) is 19.4. The second-order valence-corrected chi connectivity index (χ2v) is 7.29. The van der Waals surface area contributed by atoms with Crippen molar-refractivity contribution in [3.8, 4) is 0 Å². The number of hydrogen-bond acceptors (Lipinski definition) is 4. The SMILES string of the molecule is Cc1ccc(CN(C[C@H](O)COC(C)C)C[C@@H]2CCCO2)c(C)c1. The van der Waals surface area contributed by atoms with Gasteiger partial charge >= 0.3 is 0 Å². The van der Waals surface area contributed by atoms with Gasteiger partial charge in [0.2, 0.25) is 0 Å². The number of nitrogens with zero attached hydrogens (tertiary/aromatic N) is 1. The average molecular weight is 335 g/mol. The highest BCUT2D eigenvalue weighted by Crippen LogP contribution is 2.18. The van der Waals surface area contributed by atoms with E-state index >= 15 is 0 Å². The van der Waals surface area contributed by atoms with Gasteiger partial charge < -0.3 is 14.6 Å². The van der Waals surface area contributed by atoms with Gasteiger partial charge in [-0.2, -0.15) is 0 Å². The van der Waals surface area contributed by atoms with Crippen LogP contribution in [0.2, 0.25) is 0 Å². The number of aliphatic hydroxyl groups is 1. The Kier molecular flexibility index (Phi) is 7.69. The first-order valence-corrected chi connectivity index (χ1v) is 9.13. The van der Waals surface area contributed by atoms with Crippen molar-refractivity contribution in [3.05, 3.63) is 34.9 Å². The zero-order chi connectivity index (χ0) is 17.5. The summed E-state index contributed by atoms with van der Waals surface area (Å²) in [5, 5.41) is 10.3. The number of benzene rings is 1. The van der Waals surface area contributed by atoms with Crippen molar-refractivity contribution in [2.45, 2.75) is 65.4 Å². The quantitative estimate of drug-likeness (QED) is 0.753. The van der Waals surface area contributed by atoms with Gasteiger partial charge in [0.15, 0.2) is 0 Å². The van der Waals surface area contributed by atoms with E-state index in [4.69, 9.17) is 9.47 Å². The van der Waals surface area contributed by atoms with E-state index < -0.39 is 6.10 Å². The summed E-state index contributed by atoms with van der Waals surface area (Å²) in [4.78, 5) is 2.31. The van der Waals surface area contributed by atoms with E-state index in [0.717, 1.165) is 32.5 Å². The topological polar surface area (TPSA) is 41.9 Å². The molecule has 1 saturated heterocycles. The third kappa shape index (κ3) is 6.52. The van der Waals surface area contributed by atoms with Crippen molar-refractivity contribution < 1.29 is 14.6 Å². The lowest BCUT2D eigenvalue weighted by Crippen LogP contribution is -2.39. The molecule has 0 aliphatic carbocycles. The van der Waals surface area contributed by atoms with E-state index in [1.165, 1.54) is 16.7 Å². The molecule has 1 aromatic rings. The second-order valence-electron chi connectivity index (χ2n) is 7.29. The van der Waals surface area contributed by atoms with E-state index in [9.17, 15) is 5.11 Å². The van der Waals surface area contributed by atoms with Gasteiger partial charge in [-0.3, -0.25) is 4.90 Å². The molecule has 1 aromatic carbocycles. The molecule has 0 unspecified atom stereocenters. The van der Waals surface area contributed by atoms with E-state index in [1.54, 1.807) is 0 Å². The minimum absolute atomic E-state index is 0.144. The van der Waals surface area contributed by atoms with Gasteiger partial charge in [-0.05, 0) is 51.7 Å². The number of hydrogen-bond donors (Lipinski definition) is 1. The van der Waals surface area contributed by atoms with E-state index in [2.05, 4.69) is 36.9 Å². The Morgan fingerprint density at radius 2 is 2.12 bits per heavy atom. The summed E-state index contributed by atoms with van der Waals surface area (Å²) in [6, 6.07) is 6.58. The highest BCUT2D eigenvalue weighted by molar-refractivity contribution is 5.30. The number of aliphatic hydroxyl groups excluding tert-OH is 1. The minimum atomic E-state index is -0.473. The summed E-state index contributed by atoms with van der Waals surface area (Å²) in [6.45, 7) is 11.8. The highest BCUT2D eigenvalue weighted by Gasteiger charge is 2.21. The molecule has 0 bridgehead atoms. The lowest BCUT2D eigenvalue weighted by atomic mass is 10.0. The molecule has 136 valence electrons. The first-order chi connectivity index (χ1) is 11.4. The first kappa shape index (κ1) is 19.4. The first-order valence-electron chi connectivity index (χ1n) is 9.13. The Morgan fingerprint density at radius 1 is 1.33 bits per heavy atom. The van der Waals surface area contributed by atoms with Crippen LogP contribution in [0.5, 0.6) is 0 Å². The van der Waals surface area contributed by atoms with E-state index in [-0.39, 0.29) is 12.2 Å². The molecule has 4 heteroatoms. The summed E-state index contributed by atoms with van der Waals surface area (Å²) in [7, 11) is 0. The molecule has 1 fully saturated rings. The minimum Gasteiger partial charge on any atom is -0.389 e. The van der Waals surface area contributed by atoms with Crippen LogP contribution in [-0.2, 0) is 16.0 Å². The number of ether oxygens (including phenoxy) is 2. The molecule has 24 heavy (non-hydrogen) atoms. The van der Waals surface area contributed by atoms with Crippen molar-refractivity contribution in [1.29, 1.82) is 0 Å². The van der Waals surface area contributed by atoms with Gasteiger partial charge in [-0.1, -0.05) is 23.8 Å². The molecule has 0 aromatic heterocycles. The molecule has 0 saturated carbocycles. The lowest BCUT2D eigenvalue weighted by Gasteiger charge is -2.28.